The number of nitrogens with one attached hydrogen (secondary N) is 1. The van der Waals surface area contributed by atoms with E-state index in [9.17, 15) is 10.1 Å². The molecule has 2 aromatic rings. The fourth-order valence-electron chi connectivity index (χ4n) is 1.45. The Labute approximate surface area is 107 Å². The lowest BCUT2D eigenvalue weighted by atomic mass is 10.3. The zero-order valence-electron chi connectivity index (χ0n) is 9.58. The molecule has 0 saturated heterocycles. The number of hydrogen-bond acceptors (Lipinski definition) is 7. The quantitative estimate of drug-likeness (QED) is 0.646. The van der Waals surface area contributed by atoms with Crippen molar-refractivity contribution in [1.29, 1.82) is 0 Å². The summed E-state index contributed by atoms with van der Waals surface area (Å²) in [5.41, 5.74) is 6.32. The molecular formula is C10H11N5O2S. The first kappa shape index (κ1) is 12.2. The number of nitro groups is 1. The summed E-state index contributed by atoms with van der Waals surface area (Å²) >= 11 is 1.58. The van der Waals surface area contributed by atoms with E-state index in [2.05, 4.69) is 15.3 Å². The van der Waals surface area contributed by atoms with Gasteiger partial charge in [0, 0.05) is 4.88 Å². The highest BCUT2D eigenvalue weighted by Crippen LogP contribution is 2.27. The number of thiophene rings is 1. The predicted molar refractivity (Wildman–Crippen MR) is 69.5 cm³/mol. The van der Waals surface area contributed by atoms with E-state index >= 15 is 0 Å². The molecule has 7 nitrogen and oxygen atoms in total. The minimum Gasteiger partial charge on any atom is -0.378 e. The van der Waals surface area contributed by atoms with Crippen molar-refractivity contribution in [3.63, 3.8) is 0 Å². The standard InChI is InChI=1S/C10H11N5O2S/c1-6-2-3-18-7(6)4-12-10-8(15(16)17)9(11)13-5-14-10/h2-3,5H,4H2,1H3,(H3,11,12,13,14). The van der Waals surface area contributed by atoms with Gasteiger partial charge >= 0.3 is 5.69 Å². The van der Waals surface area contributed by atoms with Gasteiger partial charge in [-0.15, -0.1) is 11.3 Å². The second-order valence-corrected chi connectivity index (χ2v) is 4.59. The van der Waals surface area contributed by atoms with E-state index in [1.807, 2.05) is 18.4 Å². The molecule has 2 rings (SSSR count). The maximum absolute atomic E-state index is 10.9. The molecule has 0 amide bonds. The van der Waals surface area contributed by atoms with Gasteiger partial charge in [-0.05, 0) is 23.9 Å². The molecule has 0 aliphatic carbocycles. The summed E-state index contributed by atoms with van der Waals surface area (Å²) < 4.78 is 0. The molecule has 0 spiro atoms. The second kappa shape index (κ2) is 4.96. The van der Waals surface area contributed by atoms with Gasteiger partial charge in [0.25, 0.3) is 0 Å². The average Bonchev–Trinajstić information content (AvgIpc) is 2.71. The molecule has 0 radical (unpaired) electrons. The van der Waals surface area contributed by atoms with E-state index in [-0.39, 0.29) is 17.3 Å². The third kappa shape index (κ3) is 2.38. The van der Waals surface area contributed by atoms with Crippen molar-refractivity contribution < 1.29 is 4.92 Å². The fourth-order valence-corrected chi connectivity index (χ4v) is 2.30. The Hall–Kier alpha value is -2.22. The Morgan fingerprint density at radius 2 is 2.33 bits per heavy atom. The zero-order valence-corrected chi connectivity index (χ0v) is 10.4. The maximum Gasteiger partial charge on any atom is 0.352 e. The Balaban J connectivity index is 2.22. The van der Waals surface area contributed by atoms with Crippen LogP contribution in [0.3, 0.4) is 0 Å². The fraction of sp³-hybridized carbons (Fsp3) is 0.200. The zero-order chi connectivity index (χ0) is 13.1. The van der Waals surface area contributed by atoms with Crippen molar-refractivity contribution in [2.45, 2.75) is 13.5 Å². The number of hydrogen-bond donors (Lipinski definition) is 2. The van der Waals surface area contributed by atoms with Gasteiger partial charge in [-0.3, -0.25) is 10.1 Å². The molecule has 0 fully saturated rings. The van der Waals surface area contributed by atoms with Crippen LogP contribution >= 0.6 is 11.3 Å². The topological polar surface area (TPSA) is 107 Å². The van der Waals surface area contributed by atoms with E-state index in [0.717, 1.165) is 10.4 Å². The molecule has 94 valence electrons. The summed E-state index contributed by atoms with van der Waals surface area (Å²) in [4.78, 5) is 18.9. The Kier molecular flexibility index (Phi) is 3.38. The van der Waals surface area contributed by atoms with E-state index in [4.69, 9.17) is 5.73 Å². The van der Waals surface area contributed by atoms with E-state index in [0.29, 0.717) is 6.54 Å². The van der Waals surface area contributed by atoms with Crippen LogP contribution in [0.5, 0.6) is 0 Å². The number of nitrogens with zero attached hydrogens (tertiary/aromatic N) is 3. The van der Waals surface area contributed by atoms with Gasteiger partial charge < -0.3 is 11.1 Å². The first-order valence-corrected chi connectivity index (χ1v) is 5.99. The smallest absolute Gasteiger partial charge is 0.352 e. The van der Waals surface area contributed by atoms with Crippen LogP contribution in [-0.2, 0) is 6.54 Å². The summed E-state index contributed by atoms with van der Waals surface area (Å²) in [5, 5.41) is 15.8. The van der Waals surface area contributed by atoms with Crippen LogP contribution in [-0.4, -0.2) is 14.9 Å². The van der Waals surface area contributed by atoms with Gasteiger partial charge in [-0.25, -0.2) is 9.97 Å². The van der Waals surface area contributed by atoms with Crippen molar-refractivity contribution in [2.75, 3.05) is 11.1 Å². The molecule has 2 heterocycles. The molecule has 2 aromatic heterocycles. The van der Waals surface area contributed by atoms with Crippen LogP contribution in [0.2, 0.25) is 0 Å². The predicted octanol–water partition coefficient (Wildman–Crippen LogP) is 1.95. The van der Waals surface area contributed by atoms with Gasteiger partial charge in [0.2, 0.25) is 11.6 Å². The van der Waals surface area contributed by atoms with Gasteiger partial charge in [0.1, 0.15) is 6.33 Å². The molecule has 3 N–H and O–H groups in total. The number of rotatable bonds is 4. The molecule has 18 heavy (non-hydrogen) atoms. The SMILES string of the molecule is Cc1ccsc1CNc1ncnc(N)c1[N+](=O)[O-]. The maximum atomic E-state index is 10.9. The highest BCUT2D eigenvalue weighted by molar-refractivity contribution is 7.10. The van der Waals surface area contributed by atoms with Crippen molar-refractivity contribution in [2.24, 2.45) is 0 Å². The molecule has 0 unspecified atom stereocenters. The largest absolute Gasteiger partial charge is 0.378 e. The Morgan fingerprint density at radius 1 is 1.56 bits per heavy atom. The lowest BCUT2D eigenvalue weighted by Gasteiger charge is -2.06. The van der Waals surface area contributed by atoms with Gasteiger partial charge in [-0.1, -0.05) is 0 Å². The molecule has 0 aliphatic heterocycles. The van der Waals surface area contributed by atoms with Crippen LogP contribution in [0, 0.1) is 17.0 Å². The third-order valence-electron chi connectivity index (χ3n) is 2.42. The third-order valence-corrected chi connectivity index (χ3v) is 3.44. The van der Waals surface area contributed by atoms with Crippen molar-refractivity contribution >= 4 is 28.7 Å². The molecule has 0 saturated carbocycles. The molecule has 0 bridgehead atoms. The summed E-state index contributed by atoms with van der Waals surface area (Å²) in [7, 11) is 0. The molecular weight excluding hydrogens is 254 g/mol. The Bertz CT molecular complexity index is 583. The summed E-state index contributed by atoms with van der Waals surface area (Å²) in [5.74, 6) is 0.000650. The number of aryl methyl sites for hydroxylation is 1. The first-order chi connectivity index (χ1) is 8.59. The normalized spacial score (nSPS) is 10.3. The Morgan fingerprint density at radius 3 is 2.94 bits per heavy atom. The van der Waals surface area contributed by atoms with E-state index < -0.39 is 4.92 Å². The van der Waals surface area contributed by atoms with Crippen LogP contribution in [0.15, 0.2) is 17.8 Å². The average molecular weight is 265 g/mol. The highest BCUT2D eigenvalue weighted by Gasteiger charge is 2.20. The molecule has 0 aromatic carbocycles. The summed E-state index contributed by atoms with van der Waals surface area (Å²) in [6.07, 6.45) is 1.20. The molecule has 0 atom stereocenters. The summed E-state index contributed by atoms with van der Waals surface area (Å²) in [6.45, 7) is 2.46. The van der Waals surface area contributed by atoms with Crippen LogP contribution < -0.4 is 11.1 Å². The monoisotopic (exact) mass is 265 g/mol. The van der Waals surface area contributed by atoms with Crippen LogP contribution in [0.25, 0.3) is 0 Å². The van der Waals surface area contributed by atoms with Crippen LogP contribution in [0.1, 0.15) is 10.4 Å². The molecule has 0 aliphatic rings. The highest BCUT2D eigenvalue weighted by atomic mass is 32.1. The number of nitrogen functional groups attached to an aromatic ring is 1. The van der Waals surface area contributed by atoms with Gasteiger partial charge in [0.15, 0.2) is 0 Å². The minimum absolute atomic E-state index is 0.139. The summed E-state index contributed by atoms with van der Waals surface area (Å²) in [6, 6.07) is 1.99. The second-order valence-electron chi connectivity index (χ2n) is 3.59. The number of anilines is 2. The lowest BCUT2D eigenvalue weighted by molar-refractivity contribution is -0.383. The van der Waals surface area contributed by atoms with Crippen molar-refractivity contribution in [3.05, 3.63) is 38.3 Å². The minimum atomic E-state index is -0.584. The van der Waals surface area contributed by atoms with Crippen molar-refractivity contribution in [3.8, 4) is 0 Å². The van der Waals surface area contributed by atoms with E-state index in [1.165, 1.54) is 6.33 Å². The van der Waals surface area contributed by atoms with Gasteiger partial charge in [0.05, 0.1) is 11.5 Å². The van der Waals surface area contributed by atoms with Crippen molar-refractivity contribution in [1.82, 2.24) is 9.97 Å². The number of nitrogens with two attached hydrogens (primary N) is 1. The van der Waals surface area contributed by atoms with E-state index in [1.54, 1.807) is 11.3 Å². The molecule has 8 heteroatoms. The van der Waals surface area contributed by atoms with Crippen LogP contribution in [0.4, 0.5) is 17.3 Å². The lowest BCUT2D eigenvalue weighted by Crippen LogP contribution is -2.07. The first-order valence-electron chi connectivity index (χ1n) is 5.11. The number of aromatic nitrogens is 2. The van der Waals surface area contributed by atoms with Gasteiger partial charge in [-0.2, -0.15) is 0 Å².